The average molecular weight is 297 g/mol. The van der Waals surface area contributed by atoms with Gasteiger partial charge in [0.1, 0.15) is 5.78 Å². The van der Waals surface area contributed by atoms with E-state index in [4.69, 9.17) is 23.2 Å². The summed E-state index contributed by atoms with van der Waals surface area (Å²) in [5.74, 6) is 6.33. The predicted molar refractivity (Wildman–Crippen MR) is 81.6 cm³/mol. The summed E-state index contributed by atoms with van der Waals surface area (Å²) < 4.78 is 0. The van der Waals surface area contributed by atoms with E-state index in [1.807, 2.05) is 6.07 Å². The molecular formula is C16H18Cl2O. The molecule has 102 valence electrons. The molecule has 0 N–H and O–H groups in total. The number of hydrogen-bond donors (Lipinski definition) is 0. The minimum absolute atomic E-state index is 0.00719. The zero-order chi connectivity index (χ0) is 14.5. The fraction of sp³-hybridized carbons (Fsp3) is 0.438. The molecule has 1 rings (SSSR count). The van der Waals surface area contributed by atoms with Crippen LogP contribution in [0.1, 0.15) is 39.2 Å². The lowest BCUT2D eigenvalue weighted by Gasteiger charge is -2.06. The van der Waals surface area contributed by atoms with Crippen molar-refractivity contribution in [2.45, 2.75) is 40.0 Å². The van der Waals surface area contributed by atoms with Gasteiger partial charge in [-0.3, -0.25) is 4.79 Å². The summed E-state index contributed by atoms with van der Waals surface area (Å²) in [6.45, 7) is 6.16. The Bertz CT molecular complexity index is 516. The van der Waals surface area contributed by atoms with Gasteiger partial charge in [-0.1, -0.05) is 35.2 Å². The van der Waals surface area contributed by atoms with Gasteiger partial charge in [0, 0.05) is 24.7 Å². The van der Waals surface area contributed by atoms with Crippen LogP contribution in [-0.2, 0) is 11.2 Å². The average Bonchev–Trinajstić information content (AvgIpc) is 2.28. The van der Waals surface area contributed by atoms with Crippen molar-refractivity contribution < 1.29 is 4.79 Å². The van der Waals surface area contributed by atoms with Crippen molar-refractivity contribution in [1.82, 2.24) is 0 Å². The van der Waals surface area contributed by atoms with Crippen molar-refractivity contribution in [1.29, 1.82) is 0 Å². The van der Waals surface area contributed by atoms with E-state index in [2.05, 4.69) is 32.6 Å². The first-order chi connectivity index (χ1) is 8.78. The Morgan fingerprint density at radius 2 is 1.89 bits per heavy atom. The second-order valence-electron chi connectivity index (χ2n) is 5.52. The topological polar surface area (TPSA) is 17.1 Å². The van der Waals surface area contributed by atoms with E-state index in [0.29, 0.717) is 29.3 Å². The highest BCUT2D eigenvalue weighted by Crippen LogP contribution is 2.23. The van der Waals surface area contributed by atoms with Gasteiger partial charge in [0.25, 0.3) is 0 Å². The van der Waals surface area contributed by atoms with Crippen LogP contribution in [0.15, 0.2) is 18.2 Å². The van der Waals surface area contributed by atoms with E-state index in [1.54, 1.807) is 12.1 Å². The Morgan fingerprint density at radius 1 is 1.21 bits per heavy atom. The number of halogens is 2. The molecule has 0 amide bonds. The van der Waals surface area contributed by atoms with Crippen molar-refractivity contribution in [3.8, 4) is 11.8 Å². The van der Waals surface area contributed by atoms with Gasteiger partial charge < -0.3 is 0 Å². The summed E-state index contributed by atoms with van der Waals surface area (Å²) in [5, 5.41) is 0.994. The fourth-order valence-corrected chi connectivity index (χ4v) is 1.82. The number of Topliss-reactive ketones (excluding diaryl/α,β-unsaturated/α-hetero) is 1. The fourth-order valence-electron chi connectivity index (χ4n) is 1.50. The summed E-state index contributed by atoms with van der Waals surface area (Å²) >= 11 is 11.7. The number of benzene rings is 1. The predicted octanol–water partition coefficient (Wildman–Crippen LogP) is 4.93. The monoisotopic (exact) mass is 296 g/mol. The zero-order valence-electron chi connectivity index (χ0n) is 11.5. The molecule has 1 nitrogen and oxygen atoms in total. The highest BCUT2D eigenvalue weighted by Gasteiger charge is 2.06. The molecule has 0 aliphatic carbocycles. The molecule has 0 spiro atoms. The first kappa shape index (κ1) is 16.1. The van der Waals surface area contributed by atoms with E-state index < -0.39 is 0 Å². The summed E-state index contributed by atoms with van der Waals surface area (Å²) in [5.41, 5.74) is 0.885. The normalized spacial score (nSPS) is 10.8. The van der Waals surface area contributed by atoms with Gasteiger partial charge in [-0.05, 0) is 38.5 Å². The maximum absolute atomic E-state index is 11.8. The molecule has 0 bridgehead atoms. The van der Waals surface area contributed by atoms with Crippen LogP contribution >= 0.6 is 23.2 Å². The molecule has 0 aliphatic rings. The van der Waals surface area contributed by atoms with E-state index >= 15 is 0 Å². The quantitative estimate of drug-likeness (QED) is 0.720. The van der Waals surface area contributed by atoms with Gasteiger partial charge in [0.2, 0.25) is 0 Å². The lowest BCUT2D eigenvalue weighted by atomic mass is 9.97. The molecule has 0 unspecified atom stereocenters. The minimum atomic E-state index is -0.00719. The van der Waals surface area contributed by atoms with Crippen molar-refractivity contribution >= 4 is 29.0 Å². The van der Waals surface area contributed by atoms with Gasteiger partial charge in [0.05, 0.1) is 10.0 Å². The molecule has 0 radical (unpaired) electrons. The summed E-state index contributed by atoms with van der Waals surface area (Å²) in [4.78, 5) is 11.8. The van der Waals surface area contributed by atoms with E-state index in [9.17, 15) is 4.79 Å². The molecule has 1 aromatic rings. The van der Waals surface area contributed by atoms with Crippen LogP contribution in [0.4, 0.5) is 0 Å². The Labute approximate surface area is 125 Å². The number of ketones is 1. The molecule has 0 saturated carbocycles. The molecule has 0 aliphatic heterocycles. The molecule has 0 heterocycles. The maximum atomic E-state index is 11.8. The lowest BCUT2D eigenvalue weighted by molar-refractivity contribution is -0.118. The summed E-state index contributed by atoms with van der Waals surface area (Å²) in [6.07, 6.45) is 1.47. The number of carbonyl (C=O) groups excluding carboxylic acids is 1. The van der Waals surface area contributed by atoms with E-state index in [0.717, 1.165) is 5.56 Å². The highest BCUT2D eigenvalue weighted by molar-refractivity contribution is 6.42. The Hall–Kier alpha value is -0.970. The van der Waals surface area contributed by atoms with Crippen LogP contribution in [0, 0.1) is 17.3 Å². The highest BCUT2D eigenvalue weighted by atomic mass is 35.5. The van der Waals surface area contributed by atoms with E-state index in [1.165, 1.54) is 0 Å². The smallest absolute Gasteiger partial charge is 0.138 e. The molecule has 0 aromatic heterocycles. The molecule has 0 saturated heterocycles. The van der Waals surface area contributed by atoms with Crippen LogP contribution in [0.5, 0.6) is 0 Å². The van der Waals surface area contributed by atoms with Crippen molar-refractivity contribution in [3.05, 3.63) is 33.8 Å². The molecule has 19 heavy (non-hydrogen) atoms. The Morgan fingerprint density at radius 3 is 2.47 bits per heavy atom. The number of carbonyl (C=O) groups is 1. The summed E-state index contributed by atoms with van der Waals surface area (Å²) in [7, 11) is 0. The minimum Gasteiger partial charge on any atom is -0.299 e. The second-order valence-corrected chi connectivity index (χ2v) is 6.33. The lowest BCUT2D eigenvalue weighted by Crippen LogP contribution is -2.03. The van der Waals surface area contributed by atoms with Crippen molar-refractivity contribution in [2.75, 3.05) is 0 Å². The maximum Gasteiger partial charge on any atom is 0.138 e. The second kappa shape index (κ2) is 6.98. The Kier molecular flexibility index (Phi) is 5.91. The molecule has 1 aromatic carbocycles. The Balaban J connectivity index is 2.47. The van der Waals surface area contributed by atoms with Gasteiger partial charge in [0.15, 0.2) is 0 Å². The van der Waals surface area contributed by atoms with Crippen LogP contribution < -0.4 is 0 Å². The molecule has 0 atom stereocenters. The van der Waals surface area contributed by atoms with Crippen LogP contribution in [0.2, 0.25) is 10.0 Å². The van der Waals surface area contributed by atoms with Crippen LogP contribution in [-0.4, -0.2) is 5.78 Å². The molecule has 3 heteroatoms. The van der Waals surface area contributed by atoms with Crippen LogP contribution in [0.25, 0.3) is 0 Å². The third kappa shape index (κ3) is 6.66. The largest absolute Gasteiger partial charge is 0.299 e. The zero-order valence-corrected chi connectivity index (χ0v) is 13.0. The van der Waals surface area contributed by atoms with Crippen molar-refractivity contribution in [2.24, 2.45) is 5.41 Å². The third-order valence-corrected chi connectivity index (χ3v) is 3.12. The van der Waals surface area contributed by atoms with Crippen LogP contribution in [0.3, 0.4) is 0 Å². The summed E-state index contributed by atoms with van der Waals surface area (Å²) in [6, 6.07) is 5.28. The standard InChI is InChI=1S/C16H18Cl2O/c1-16(2,3)9-5-4-6-13(19)10-12-7-8-14(17)15(18)11-12/h7-8,11H,4,6,10H2,1-3H3. The third-order valence-electron chi connectivity index (χ3n) is 2.38. The van der Waals surface area contributed by atoms with Gasteiger partial charge >= 0.3 is 0 Å². The first-order valence-corrected chi connectivity index (χ1v) is 6.99. The first-order valence-electron chi connectivity index (χ1n) is 6.23. The van der Waals surface area contributed by atoms with E-state index in [-0.39, 0.29) is 11.2 Å². The number of rotatable bonds is 4. The van der Waals surface area contributed by atoms with Gasteiger partial charge in [-0.2, -0.15) is 0 Å². The van der Waals surface area contributed by atoms with Gasteiger partial charge in [-0.15, -0.1) is 5.92 Å². The molecular weight excluding hydrogens is 279 g/mol. The van der Waals surface area contributed by atoms with Crippen molar-refractivity contribution in [3.63, 3.8) is 0 Å². The SMILES string of the molecule is CC(C)(C)C#CCCC(=O)Cc1ccc(Cl)c(Cl)c1. The van der Waals surface area contributed by atoms with Gasteiger partial charge in [-0.25, -0.2) is 0 Å². The molecule has 0 fully saturated rings. The number of hydrogen-bond acceptors (Lipinski definition) is 1.